The van der Waals surface area contributed by atoms with Crippen LogP contribution in [0.3, 0.4) is 0 Å². The first-order valence-corrected chi connectivity index (χ1v) is 5.94. The van der Waals surface area contributed by atoms with Crippen molar-refractivity contribution >= 4 is 18.1 Å². The molecule has 0 radical (unpaired) electrons. The molecule has 102 valence electrons. The second-order valence-corrected chi connectivity index (χ2v) is 4.29. The van der Waals surface area contributed by atoms with Gasteiger partial charge in [-0.05, 0) is 17.7 Å². The molecule has 8 heteroatoms. The van der Waals surface area contributed by atoms with Crippen molar-refractivity contribution < 1.29 is 17.1 Å². The number of benzene rings is 1. The Morgan fingerprint density at radius 1 is 1.32 bits per heavy atom. The molecular weight excluding hydrogens is 282 g/mol. The lowest BCUT2D eigenvalue weighted by molar-refractivity contribution is -0.139. The SMILES string of the molecule is FSc1ccc(CNc2ncc[nH]2)cc1C(F)(F)F. The van der Waals surface area contributed by atoms with Crippen molar-refractivity contribution in [1.29, 1.82) is 0 Å². The van der Waals surface area contributed by atoms with Crippen LogP contribution in [0.25, 0.3) is 0 Å². The summed E-state index contributed by atoms with van der Waals surface area (Å²) in [6.07, 6.45) is -1.46. The number of aromatic amines is 1. The summed E-state index contributed by atoms with van der Waals surface area (Å²) in [5.74, 6) is 0.456. The van der Waals surface area contributed by atoms with Crippen molar-refractivity contribution in [2.24, 2.45) is 0 Å². The van der Waals surface area contributed by atoms with Crippen molar-refractivity contribution in [2.45, 2.75) is 17.6 Å². The van der Waals surface area contributed by atoms with E-state index in [1.165, 1.54) is 12.3 Å². The van der Waals surface area contributed by atoms with Crippen LogP contribution in [0, 0.1) is 0 Å². The smallest absolute Gasteiger partial charge is 0.352 e. The van der Waals surface area contributed by atoms with Crippen molar-refractivity contribution in [2.75, 3.05) is 5.32 Å². The van der Waals surface area contributed by atoms with Crippen molar-refractivity contribution in [3.63, 3.8) is 0 Å². The molecule has 0 unspecified atom stereocenters. The molecule has 0 aliphatic heterocycles. The molecule has 0 spiro atoms. The van der Waals surface area contributed by atoms with E-state index >= 15 is 0 Å². The molecule has 0 saturated heterocycles. The summed E-state index contributed by atoms with van der Waals surface area (Å²) in [6, 6.07) is 3.48. The monoisotopic (exact) mass is 291 g/mol. The fourth-order valence-corrected chi connectivity index (χ4v) is 1.90. The number of anilines is 1. The Kier molecular flexibility index (Phi) is 3.98. The number of rotatable bonds is 4. The molecule has 1 heterocycles. The van der Waals surface area contributed by atoms with Crippen LogP contribution in [0.1, 0.15) is 11.1 Å². The number of nitrogens with one attached hydrogen (secondary N) is 2. The van der Waals surface area contributed by atoms with Crippen LogP contribution in [-0.4, -0.2) is 9.97 Å². The molecule has 2 rings (SSSR count). The van der Waals surface area contributed by atoms with Crippen LogP contribution in [0.15, 0.2) is 35.5 Å². The van der Waals surface area contributed by atoms with Crippen LogP contribution in [0.4, 0.5) is 23.0 Å². The van der Waals surface area contributed by atoms with E-state index in [2.05, 4.69) is 15.3 Å². The number of imidazole rings is 1. The molecule has 2 aromatic rings. The van der Waals surface area contributed by atoms with Gasteiger partial charge in [0.1, 0.15) is 0 Å². The molecule has 19 heavy (non-hydrogen) atoms. The Morgan fingerprint density at radius 2 is 2.11 bits per heavy atom. The van der Waals surface area contributed by atoms with E-state index in [-0.39, 0.29) is 6.54 Å². The van der Waals surface area contributed by atoms with E-state index < -0.39 is 28.8 Å². The number of alkyl halides is 3. The van der Waals surface area contributed by atoms with Crippen LogP contribution in [0.2, 0.25) is 0 Å². The van der Waals surface area contributed by atoms with Crippen LogP contribution >= 0.6 is 12.1 Å². The van der Waals surface area contributed by atoms with E-state index in [4.69, 9.17) is 0 Å². The van der Waals surface area contributed by atoms with Crippen LogP contribution in [-0.2, 0) is 12.7 Å². The quantitative estimate of drug-likeness (QED) is 0.836. The van der Waals surface area contributed by atoms with E-state index in [1.807, 2.05) is 0 Å². The minimum absolute atomic E-state index is 0.161. The molecule has 0 bridgehead atoms. The third-order valence-electron chi connectivity index (χ3n) is 2.39. The molecule has 0 aliphatic rings. The van der Waals surface area contributed by atoms with Gasteiger partial charge in [-0.1, -0.05) is 6.07 Å². The highest BCUT2D eigenvalue weighted by Gasteiger charge is 2.34. The van der Waals surface area contributed by atoms with Gasteiger partial charge in [0.2, 0.25) is 0 Å². The second kappa shape index (κ2) is 5.52. The zero-order valence-electron chi connectivity index (χ0n) is 9.46. The molecule has 3 nitrogen and oxygen atoms in total. The number of H-pyrrole nitrogens is 1. The summed E-state index contributed by atoms with van der Waals surface area (Å²) in [6.45, 7) is 0.161. The van der Waals surface area contributed by atoms with Crippen LogP contribution in [0.5, 0.6) is 0 Å². The van der Waals surface area contributed by atoms with Gasteiger partial charge in [0.25, 0.3) is 0 Å². The van der Waals surface area contributed by atoms with Gasteiger partial charge in [-0.2, -0.15) is 17.1 Å². The van der Waals surface area contributed by atoms with Gasteiger partial charge in [0, 0.05) is 18.9 Å². The van der Waals surface area contributed by atoms with Gasteiger partial charge in [-0.25, -0.2) is 4.98 Å². The van der Waals surface area contributed by atoms with Gasteiger partial charge in [-0.15, -0.1) is 0 Å². The summed E-state index contributed by atoms with van der Waals surface area (Å²) < 4.78 is 50.6. The number of nitrogens with zero attached hydrogens (tertiary/aromatic N) is 1. The van der Waals surface area contributed by atoms with Gasteiger partial charge < -0.3 is 10.3 Å². The number of aromatic nitrogens is 2. The summed E-state index contributed by atoms with van der Waals surface area (Å²) in [7, 11) is 0. The van der Waals surface area contributed by atoms with E-state index in [0.717, 1.165) is 12.1 Å². The molecule has 0 aliphatic carbocycles. The average molecular weight is 291 g/mol. The molecule has 1 aromatic heterocycles. The normalized spacial score (nSPS) is 11.6. The van der Waals surface area contributed by atoms with Crippen molar-refractivity contribution in [3.05, 3.63) is 41.7 Å². The summed E-state index contributed by atoms with van der Waals surface area (Å²) >= 11 is -0.412. The maximum absolute atomic E-state index is 12.7. The minimum Gasteiger partial charge on any atom is -0.352 e. The van der Waals surface area contributed by atoms with Gasteiger partial charge in [0.05, 0.1) is 22.6 Å². The van der Waals surface area contributed by atoms with Crippen molar-refractivity contribution in [3.8, 4) is 0 Å². The zero-order valence-corrected chi connectivity index (χ0v) is 10.3. The first-order valence-electron chi connectivity index (χ1n) is 5.22. The maximum Gasteiger partial charge on any atom is 0.417 e. The first kappa shape index (κ1) is 13.7. The molecule has 1 aromatic carbocycles. The predicted molar refractivity (Wildman–Crippen MR) is 64.3 cm³/mol. The van der Waals surface area contributed by atoms with E-state index in [1.54, 1.807) is 6.20 Å². The lowest BCUT2D eigenvalue weighted by Crippen LogP contribution is -2.09. The van der Waals surface area contributed by atoms with Crippen LogP contribution < -0.4 is 5.32 Å². The first-order chi connectivity index (χ1) is 9.00. The second-order valence-electron chi connectivity index (χ2n) is 3.70. The standard InChI is InChI=1S/C11H9F4N3S/c12-11(13,14)8-5-7(1-2-9(8)19-15)6-18-10-16-3-4-17-10/h1-5H,6H2,(H2,16,17,18). The highest BCUT2D eigenvalue weighted by Crippen LogP contribution is 2.37. The largest absolute Gasteiger partial charge is 0.417 e. The topological polar surface area (TPSA) is 40.7 Å². The van der Waals surface area contributed by atoms with Gasteiger partial charge >= 0.3 is 6.18 Å². The highest BCUT2D eigenvalue weighted by atomic mass is 32.2. The third-order valence-corrected chi connectivity index (χ3v) is 2.91. The Hall–Kier alpha value is -1.70. The molecule has 0 saturated carbocycles. The Morgan fingerprint density at radius 3 is 2.68 bits per heavy atom. The Bertz CT molecular complexity index is 539. The summed E-state index contributed by atoms with van der Waals surface area (Å²) in [4.78, 5) is 6.21. The lowest BCUT2D eigenvalue weighted by Gasteiger charge is -2.12. The minimum atomic E-state index is -4.57. The molecule has 0 atom stereocenters. The fourth-order valence-electron chi connectivity index (χ4n) is 1.52. The Balaban J connectivity index is 2.18. The third kappa shape index (κ3) is 3.40. The Labute approximate surface area is 110 Å². The summed E-state index contributed by atoms with van der Waals surface area (Å²) in [5.41, 5.74) is -0.583. The number of halogens is 4. The van der Waals surface area contributed by atoms with Gasteiger partial charge in [-0.3, -0.25) is 0 Å². The lowest BCUT2D eigenvalue weighted by atomic mass is 10.1. The maximum atomic E-state index is 12.7. The van der Waals surface area contributed by atoms with Gasteiger partial charge in [0.15, 0.2) is 5.95 Å². The van der Waals surface area contributed by atoms with E-state index in [0.29, 0.717) is 11.5 Å². The molecule has 0 amide bonds. The van der Waals surface area contributed by atoms with E-state index in [9.17, 15) is 17.1 Å². The number of hydrogen-bond acceptors (Lipinski definition) is 3. The predicted octanol–water partition coefficient (Wildman–Crippen LogP) is 4.02. The summed E-state index contributed by atoms with van der Waals surface area (Å²) in [5, 5.41) is 2.82. The zero-order chi connectivity index (χ0) is 13.9. The number of hydrogen-bond donors (Lipinski definition) is 2. The molecule has 2 N–H and O–H groups in total. The molecular formula is C11H9F4N3S. The molecule has 0 fully saturated rings. The van der Waals surface area contributed by atoms with Crippen molar-refractivity contribution in [1.82, 2.24) is 9.97 Å². The average Bonchev–Trinajstić information content (AvgIpc) is 2.88. The fraction of sp³-hybridized carbons (Fsp3) is 0.182. The highest BCUT2D eigenvalue weighted by molar-refractivity contribution is 7.94.